The van der Waals surface area contributed by atoms with Gasteiger partial charge in [-0.1, -0.05) is 0 Å². The van der Waals surface area contributed by atoms with Crippen molar-refractivity contribution in [3.05, 3.63) is 48.5 Å². The van der Waals surface area contributed by atoms with Crippen molar-refractivity contribution in [3.63, 3.8) is 0 Å². The molecular weight excluding hydrogens is 261 g/mol. The lowest BCUT2D eigenvalue weighted by Gasteiger charge is -2.13. The van der Waals surface area contributed by atoms with Crippen LogP contribution in [0.2, 0.25) is 0 Å². The summed E-state index contributed by atoms with van der Waals surface area (Å²) in [6, 6.07) is 7.58. The molecule has 0 saturated heterocycles. The quantitative estimate of drug-likeness (QED) is 0.709. The number of hydrogen-bond acceptors (Lipinski definition) is 4. The number of benzene rings is 1. The predicted molar refractivity (Wildman–Crippen MR) is 73.0 cm³/mol. The van der Waals surface area contributed by atoms with E-state index in [4.69, 9.17) is 4.74 Å². The van der Waals surface area contributed by atoms with Crippen LogP contribution in [0, 0.1) is 5.82 Å². The van der Waals surface area contributed by atoms with Crippen molar-refractivity contribution in [2.24, 2.45) is 0 Å². The number of hydrogen-bond donors (Lipinski definition) is 2. The molecule has 1 aromatic carbocycles. The summed E-state index contributed by atoms with van der Waals surface area (Å²) >= 11 is 0. The van der Waals surface area contributed by atoms with E-state index in [0.717, 1.165) is 13.1 Å². The van der Waals surface area contributed by atoms with Gasteiger partial charge in [-0.05, 0) is 30.3 Å². The zero-order valence-electron chi connectivity index (χ0n) is 11.1. The average molecular weight is 279 g/mol. The fraction of sp³-hybridized carbons (Fsp3) is 0.357. The highest BCUT2D eigenvalue weighted by atomic mass is 19.1. The van der Waals surface area contributed by atoms with E-state index in [1.54, 1.807) is 6.20 Å². The maximum atomic E-state index is 12.7. The number of aliphatic hydroxyl groups excluding tert-OH is 1. The Balaban J connectivity index is 1.58. The molecule has 2 N–H and O–H groups in total. The van der Waals surface area contributed by atoms with Gasteiger partial charge in [-0.3, -0.25) is 4.68 Å². The molecule has 0 saturated carbocycles. The summed E-state index contributed by atoms with van der Waals surface area (Å²) in [6.45, 7) is 2.07. The van der Waals surface area contributed by atoms with Crippen LogP contribution in [0.1, 0.15) is 0 Å². The molecule has 1 atom stereocenters. The Morgan fingerprint density at radius 1 is 1.35 bits per heavy atom. The van der Waals surface area contributed by atoms with Crippen LogP contribution in [-0.2, 0) is 6.54 Å². The Labute approximate surface area is 117 Å². The average Bonchev–Trinajstić information content (AvgIpc) is 2.96. The van der Waals surface area contributed by atoms with Crippen LogP contribution in [0.3, 0.4) is 0 Å². The molecule has 108 valence electrons. The van der Waals surface area contributed by atoms with Gasteiger partial charge in [0.05, 0.1) is 6.54 Å². The topological polar surface area (TPSA) is 59.3 Å². The number of halogens is 1. The van der Waals surface area contributed by atoms with Crippen LogP contribution in [0.5, 0.6) is 5.75 Å². The lowest BCUT2D eigenvalue weighted by Crippen LogP contribution is -2.33. The summed E-state index contributed by atoms with van der Waals surface area (Å²) in [6.07, 6.45) is 3.00. The molecular formula is C14H18FN3O2. The number of nitrogens with zero attached hydrogens (tertiary/aromatic N) is 2. The fourth-order valence-electron chi connectivity index (χ4n) is 1.68. The molecule has 0 spiro atoms. The Kier molecular flexibility index (Phi) is 5.52. The summed E-state index contributed by atoms with van der Waals surface area (Å²) in [5.41, 5.74) is 0. The molecule has 5 nitrogen and oxygen atoms in total. The molecule has 0 aliphatic rings. The van der Waals surface area contributed by atoms with Gasteiger partial charge in [-0.25, -0.2) is 4.39 Å². The number of ether oxygens (including phenoxy) is 1. The van der Waals surface area contributed by atoms with Crippen molar-refractivity contribution < 1.29 is 14.2 Å². The van der Waals surface area contributed by atoms with Gasteiger partial charge in [0.15, 0.2) is 0 Å². The second-order valence-corrected chi connectivity index (χ2v) is 4.39. The van der Waals surface area contributed by atoms with Gasteiger partial charge in [0, 0.05) is 25.5 Å². The highest BCUT2D eigenvalue weighted by molar-refractivity contribution is 5.22. The Bertz CT molecular complexity index is 488. The van der Waals surface area contributed by atoms with Crippen LogP contribution in [0.4, 0.5) is 4.39 Å². The summed E-state index contributed by atoms with van der Waals surface area (Å²) in [7, 11) is 0. The lowest BCUT2D eigenvalue weighted by atomic mass is 10.3. The molecule has 0 fully saturated rings. The van der Waals surface area contributed by atoms with Crippen LogP contribution in [0.25, 0.3) is 0 Å². The van der Waals surface area contributed by atoms with Gasteiger partial charge < -0.3 is 15.2 Å². The number of rotatable bonds is 8. The largest absolute Gasteiger partial charge is 0.491 e. The van der Waals surface area contributed by atoms with Gasteiger partial charge in [-0.2, -0.15) is 5.10 Å². The minimum atomic E-state index is -0.613. The van der Waals surface area contributed by atoms with E-state index >= 15 is 0 Å². The highest BCUT2D eigenvalue weighted by Gasteiger charge is 2.05. The third kappa shape index (κ3) is 4.99. The van der Waals surface area contributed by atoms with Crippen molar-refractivity contribution in [2.45, 2.75) is 12.6 Å². The van der Waals surface area contributed by atoms with Gasteiger partial charge >= 0.3 is 0 Å². The van der Waals surface area contributed by atoms with Crippen molar-refractivity contribution >= 4 is 0 Å². The second-order valence-electron chi connectivity index (χ2n) is 4.39. The molecule has 1 heterocycles. The Morgan fingerprint density at radius 2 is 2.15 bits per heavy atom. The van der Waals surface area contributed by atoms with Crippen LogP contribution in [0.15, 0.2) is 42.7 Å². The monoisotopic (exact) mass is 279 g/mol. The number of aromatic nitrogens is 2. The first-order chi connectivity index (χ1) is 9.74. The minimum absolute atomic E-state index is 0.167. The Morgan fingerprint density at radius 3 is 2.85 bits per heavy atom. The maximum Gasteiger partial charge on any atom is 0.123 e. The van der Waals surface area contributed by atoms with Crippen molar-refractivity contribution in [2.75, 3.05) is 19.7 Å². The smallest absolute Gasteiger partial charge is 0.123 e. The standard InChI is InChI=1S/C14H18FN3O2/c15-12-2-4-14(5-3-12)20-11-13(19)10-16-7-9-18-8-1-6-17-18/h1-6,8,13,16,19H,7,9-11H2. The SMILES string of the molecule is OC(CNCCn1cccn1)COc1ccc(F)cc1. The van der Waals surface area contributed by atoms with E-state index in [1.807, 2.05) is 16.9 Å². The molecule has 2 aromatic rings. The zero-order valence-corrected chi connectivity index (χ0v) is 11.1. The third-order valence-electron chi connectivity index (χ3n) is 2.71. The number of aliphatic hydroxyl groups is 1. The van der Waals surface area contributed by atoms with Gasteiger partial charge in [0.1, 0.15) is 24.3 Å². The number of nitrogens with one attached hydrogen (secondary N) is 1. The molecule has 0 radical (unpaired) electrons. The van der Waals surface area contributed by atoms with Gasteiger partial charge in [-0.15, -0.1) is 0 Å². The van der Waals surface area contributed by atoms with Crippen LogP contribution in [-0.4, -0.2) is 40.7 Å². The van der Waals surface area contributed by atoms with Crippen molar-refractivity contribution in [1.29, 1.82) is 0 Å². The molecule has 0 aliphatic heterocycles. The predicted octanol–water partition coefficient (Wildman–Crippen LogP) is 1.05. The zero-order chi connectivity index (χ0) is 14.2. The van der Waals surface area contributed by atoms with Crippen molar-refractivity contribution in [1.82, 2.24) is 15.1 Å². The molecule has 6 heteroatoms. The fourth-order valence-corrected chi connectivity index (χ4v) is 1.68. The Hall–Kier alpha value is -1.92. The highest BCUT2D eigenvalue weighted by Crippen LogP contribution is 2.11. The van der Waals surface area contributed by atoms with E-state index < -0.39 is 6.10 Å². The maximum absolute atomic E-state index is 12.7. The van der Waals surface area contributed by atoms with E-state index in [1.165, 1.54) is 24.3 Å². The molecule has 2 rings (SSSR count). The minimum Gasteiger partial charge on any atom is -0.491 e. The molecule has 0 aliphatic carbocycles. The molecule has 1 unspecified atom stereocenters. The van der Waals surface area contributed by atoms with E-state index in [-0.39, 0.29) is 12.4 Å². The molecule has 0 bridgehead atoms. The van der Waals surface area contributed by atoms with Crippen molar-refractivity contribution in [3.8, 4) is 5.75 Å². The summed E-state index contributed by atoms with van der Waals surface area (Å²) in [5, 5.41) is 16.9. The molecule has 20 heavy (non-hydrogen) atoms. The summed E-state index contributed by atoms with van der Waals surface area (Å²) < 4.78 is 19.9. The second kappa shape index (κ2) is 7.62. The normalized spacial score (nSPS) is 12.3. The summed E-state index contributed by atoms with van der Waals surface area (Å²) in [4.78, 5) is 0. The van der Waals surface area contributed by atoms with Gasteiger partial charge in [0.2, 0.25) is 0 Å². The summed E-state index contributed by atoms with van der Waals surface area (Å²) in [5.74, 6) is 0.236. The van der Waals surface area contributed by atoms with Gasteiger partial charge in [0.25, 0.3) is 0 Å². The third-order valence-corrected chi connectivity index (χ3v) is 2.71. The van der Waals surface area contributed by atoms with Crippen LogP contribution < -0.4 is 10.1 Å². The molecule has 0 amide bonds. The first-order valence-electron chi connectivity index (χ1n) is 6.48. The van der Waals surface area contributed by atoms with E-state index in [0.29, 0.717) is 12.3 Å². The first-order valence-corrected chi connectivity index (χ1v) is 6.48. The van der Waals surface area contributed by atoms with E-state index in [9.17, 15) is 9.50 Å². The van der Waals surface area contributed by atoms with Crippen LogP contribution >= 0.6 is 0 Å². The first kappa shape index (κ1) is 14.5. The lowest BCUT2D eigenvalue weighted by molar-refractivity contribution is 0.106. The van der Waals surface area contributed by atoms with E-state index in [2.05, 4.69) is 10.4 Å². The molecule has 1 aromatic heterocycles.